The molecule has 1 aliphatic heterocycles. The molecule has 1 aromatic carbocycles. The van der Waals surface area contributed by atoms with Gasteiger partial charge in [0.2, 0.25) is 5.91 Å². The molecule has 1 N–H and O–H groups in total. The minimum absolute atomic E-state index is 0.0367. The van der Waals surface area contributed by atoms with Gasteiger partial charge < -0.3 is 19.9 Å². The molecular formula is C21H26N6O2S. The summed E-state index contributed by atoms with van der Waals surface area (Å²) in [7, 11) is 5.53. The predicted molar refractivity (Wildman–Crippen MR) is 119 cm³/mol. The number of hydrogen-bond donors (Lipinski definition) is 1. The third-order valence-corrected chi connectivity index (χ3v) is 6.16. The van der Waals surface area contributed by atoms with Crippen molar-refractivity contribution in [1.29, 1.82) is 0 Å². The molecule has 4 rings (SSSR count). The molecule has 0 spiro atoms. The Bertz CT molecular complexity index is 1020. The lowest BCUT2D eigenvalue weighted by Gasteiger charge is -2.23. The number of aromatic nitrogens is 3. The minimum atomic E-state index is -0.219. The molecule has 1 aliphatic rings. The molecule has 0 saturated carbocycles. The normalized spacial score (nSPS) is 16.2. The summed E-state index contributed by atoms with van der Waals surface area (Å²) < 4.78 is 6.12. The monoisotopic (exact) mass is 426 g/mol. The van der Waals surface area contributed by atoms with E-state index in [1.165, 1.54) is 11.3 Å². The van der Waals surface area contributed by atoms with Gasteiger partial charge in [0, 0.05) is 34.3 Å². The first kappa shape index (κ1) is 20.5. The largest absolute Gasteiger partial charge is 0.377 e. The standard InChI is InChI=1S/C21H26N6O2S/c1-26(2)19-17-18(23-16(24-19)13-29-3)25-21(30-17)27-11-7-10-15(27)20(28)22-12-14-8-5-4-6-9-14/h4-6,8-9,15H,7,10-13H2,1-3H3,(H,22,28)/t15-/m1/s1. The van der Waals surface area contributed by atoms with Crippen molar-refractivity contribution in [1.82, 2.24) is 20.3 Å². The maximum atomic E-state index is 12.9. The van der Waals surface area contributed by atoms with Gasteiger partial charge in [0.1, 0.15) is 17.3 Å². The lowest BCUT2D eigenvalue weighted by Crippen LogP contribution is -2.43. The Labute approximate surface area is 179 Å². The van der Waals surface area contributed by atoms with Crippen molar-refractivity contribution in [3.8, 4) is 0 Å². The summed E-state index contributed by atoms with van der Waals surface area (Å²) >= 11 is 1.54. The van der Waals surface area contributed by atoms with E-state index in [9.17, 15) is 4.79 Å². The summed E-state index contributed by atoms with van der Waals surface area (Å²) in [6, 6.07) is 9.74. The molecule has 2 aromatic heterocycles. The van der Waals surface area contributed by atoms with Crippen LogP contribution in [0.2, 0.25) is 0 Å². The van der Waals surface area contributed by atoms with Crippen molar-refractivity contribution in [3.63, 3.8) is 0 Å². The van der Waals surface area contributed by atoms with Gasteiger partial charge in [0.05, 0.1) is 0 Å². The SMILES string of the molecule is COCc1nc(N(C)C)c2sc(N3CCC[C@@H]3C(=O)NCc3ccccc3)nc2n1. The van der Waals surface area contributed by atoms with Crippen LogP contribution in [0.3, 0.4) is 0 Å². The summed E-state index contributed by atoms with van der Waals surface area (Å²) in [5.74, 6) is 1.46. The number of nitrogens with one attached hydrogen (secondary N) is 1. The fraction of sp³-hybridized carbons (Fsp3) is 0.429. The van der Waals surface area contributed by atoms with Crippen molar-refractivity contribution in [2.75, 3.05) is 37.5 Å². The Morgan fingerprint density at radius 3 is 2.80 bits per heavy atom. The van der Waals surface area contributed by atoms with Crippen LogP contribution in [-0.4, -0.2) is 54.7 Å². The Morgan fingerprint density at radius 1 is 1.27 bits per heavy atom. The summed E-state index contributed by atoms with van der Waals surface area (Å²) in [5, 5.41) is 3.89. The number of benzene rings is 1. The van der Waals surface area contributed by atoms with Gasteiger partial charge in [0.25, 0.3) is 0 Å². The number of rotatable bonds is 7. The Hall–Kier alpha value is -2.78. The summed E-state index contributed by atoms with van der Waals surface area (Å²) in [4.78, 5) is 30.9. The highest BCUT2D eigenvalue weighted by Crippen LogP contribution is 2.36. The van der Waals surface area contributed by atoms with Crippen molar-refractivity contribution in [2.24, 2.45) is 0 Å². The molecular weight excluding hydrogens is 400 g/mol. The summed E-state index contributed by atoms with van der Waals surface area (Å²) in [6.07, 6.45) is 1.78. The van der Waals surface area contributed by atoms with Crippen LogP contribution in [0.5, 0.6) is 0 Å². The molecule has 1 fully saturated rings. The van der Waals surface area contributed by atoms with Gasteiger partial charge in [-0.2, -0.15) is 4.98 Å². The van der Waals surface area contributed by atoms with Crippen LogP contribution >= 0.6 is 11.3 Å². The number of hydrogen-bond acceptors (Lipinski definition) is 8. The highest BCUT2D eigenvalue weighted by molar-refractivity contribution is 7.22. The van der Waals surface area contributed by atoms with E-state index in [4.69, 9.17) is 9.72 Å². The molecule has 0 bridgehead atoms. The average Bonchev–Trinajstić information content (AvgIpc) is 3.39. The van der Waals surface area contributed by atoms with Crippen molar-refractivity contribution in [2.45, 2.75) is 32.0 Å². The molecule has 0 radical (unpaired) electrons. The maximum Gasteiger partial charge on any atom is 0.243 e. The number of carbonyl (C=O) groups excluding carboxylic acids is 1. The quantitative estimate of drug-likeness (QED) is 0.622. The van der Waals surface area contributed by atoms with E-state index in [0.29, 0.717) is 24.6 Å². The van der Waals surface area contributed by atoms with Gasteiger partial charge in [-0.25, -0.2) is 9.97 Å². The topological polar surface area (TPSA) is 83.5 Å². The first-order chi connectivity index (χ1) is 14.6. The number of methoxy groups -OCH3 is 1. The molecule has 1 atom stereocenters. The molecule has 1 amide bonds. The van der Waals surface area contributed by atoms with Gasteiger partial charge in [0.15, 0.2) is 22.4 Å². The first-order valence-electron chi connectivity index (χ1n) is 9.99. The Balaban J connectivity index is 1.57. The zero-order valence-electron chi connectivity index (χ0n) is 17.5. The van der Waals surface area contributed by atoms with Crippen LogP contribution in [0.1, 0.15) is 24.2 Å². The number of nitrogens with zero attached hydrogens (tertiary/aromatic N) is 5. The third-order valence-electron chi connectivity index (χ3n) is 5.08. The Morgan fingerprint density at radius 2 is 2.07 bits per heavy atom. The first-order valence-corrected chi connectivity index (χ1v) is 10.8. The van der Waals surface area contributed by atoms with Crippen LogP contribution < -0.4 is 15.1 Å². The van der Waals surface area contributed by atoms with E-state index < -0.39 is 0 Å². The van der Waals surface area contributed by atoms with Crippen LogP contribution in [0.4, 0.5) is 10.9 Å². The number of anilines is 2. The van der Waals surface area contributed by atoms with Crippen molar-refractivity contribution >= 4 is 38.5 Å². The van der Waals surface area contributed by atoms with E-state index in [1.807, 2.05) is 49.3 Å². The average molecular weight is 427 g/mol. The Kier molecular flexibility index (Phi) is 6.10. The zero-order valence-corrected chi connectivity index (χ0v) is 18.3. The molecule has 0 aliphatic carbocycles. The molecule has 0 unspecified atom stereocenters. The number of fused-ring (bicyclic) bond motifs is 1. The van der Waals surface area contributed by atoms with Crippen molar-refractivity contribution < 1.29 is 9.53 Å². The maximum absolute atomic E-state index is 12.9. The van der Waals surface area contributed by atoms with Crippen LogP contribution in [0.25, 0.3) is 10.3 Å². The van der Waals surface area contributed by atoms with Gasteiger partial charge in [-0.1, -0.05) is 41.7 Å². The van der Waals surface area contributed by atoms with Crippen LogP contribution in [-0.2, 0) is 22.7 Å². The van der Waals surface area contributed by atoms with Gasteiger partial charge in [-0.3, -0.25) is 4.79 Å². The fourth-order valence-electron chi connectivity index (χ4n) is 3.63. The van der Waals surface area contributed by atoms with E-state index >= 15 is 0 Å². The molecule has 8 nitrogen and oxygen atoms in total. The summed E-state index contributed by atoms with van der Waals surface area (Å²) in [5.41, 5.74) is 1.74. The second-order valence-corrected chi connectivity index (χ2v) is 8.47. The van der Waals surface area contributed by atoms with Crippen LogP contribution in [0, 0.1) is 0 Å². The second-order valence-electron chi connectivity index (χ2n) is 7.49. The molecule has 1 saturated heterocycles. The number of amides is 1. The highest BCUT2D eigenvalue weighted by atomic mass is 32.1. The molecule has 158 valence electrons. The smallest absolute Gasteiger partial charge is 0.243 e. The van der Waals surface area contributed by atoms with E-state index in [2.05, 4.69) is 20.2 Å². The zero-order chi connectivity index (χ0) is 21.1. The molecule has 3 aromatic rings. The van der Waals surface area contributed by atoms with Crippen molar-refractivity contribution in [3.05, 3.63) is 41.7 Å². The van der Waals surface area contributed by atoms with Gasteiger partial charge >= 0.3 is 0 Å². The lowest BCUT2D eigenvalue weighted by atomic mass is 10.2. The van der Waals surface area contributed by atoms with E-state index in [1.54, 1.807) is 7.11 Å². The second kappa shape index (κ2) is 8.93. The molecule has 3 heterocycles. The lowest BCUT2D eigenvalue weighted by molar-refractivity contribution is -0.122. The number of ether oxygens (including phenoxy) is 1. The van der Waals surface area contributed by atoms with Crippen LogP contribution in [0.15, 0.2) is 30.3 Å². The minimum Gasteiger partial charge on any atom is -0.377 e. The summed E-state index contributed by atoms with van der Waals surface area (Å²) in [6.45, 7) is 1.66. The van der Waals surface area contributed by atoms with E-state index in [0.717, 1.165) is 40.6 Å². The number of thiazole rings is 1. The molecule has 9 heteroatoms. The number of carbonyl (C=O) groups is 1. The van der Waals surface area contributed by atoms with Gasteiger partial charge in [-0.15, -0.1) is 0 Å². The third kappa shape index (κ3) is 4.22. The fourth-order valence-corrected chi connectivity index (χ4v) is 4.79. The van der Waals surface area contributed by atoms with E-state index in [-0.39, 0.29) is 11.9 Å². The highest BCUT2D eigenvalue weighted by Gasteiger charge is 2.33. The van der Waals surface area contributed by atoms with Gasteiger partial charge in [-0.05, 0) is 18.4 Å². The molecule has 30 heavy (non-hydrogen) atoms. The predicted octanol–water partition coefficient (Wildman–Crippen LogP) is 2.58.